The predicted octanol–water partition coefficient (Wildman–Crippen LogP) is 3.79. The molecule has 3 nitrogen and oxygen atoms in total. The maximum atomic E-state index is 9.38. The molecule has 0 aromatic heterocycles. The van der Waals surface area contributed by atoms with Crippen LogP contribution in [0, 0.1) is 11.3 Å². The Kier molecular flexibility index (Phi) is 3.74. The highest BCUT2D eigenvalue weighted by molar-refractivity contribution is 6.30. The molecule has 0 saturated heterocycles. The number of hydrogen-bond donors (Lipinski definition) is 2. The number of benzene rings is 2. The van der Waals surface area contributed by atoms with Crippen LogP contribution in [0.25, 0.3) is 12.2 Å². The molecule has 0 aliphatic rings. The van der Waals surface area contributed by atoms with Crippen LogP contribution in [0.1, 0.15) is 16.7 Å². The smallest absolute Gasteiger partial charge is 0.157 e. The average Bonchev–Trinajstić information content (AvgIpc) is 2.41. The second kappa shape index (κ2) is 5.47. The van der Waals surface area contributed by atoms with Gasteiger partial charge in [-0.25, -0.2) is 0 Å². The van der Waals surface area contributed by atoms with Gasteiger partial charge in [-0.3, -0.25) is 0 Å². The molecule has 2 aromatic carbocycles. The SMILES string of the molecule is N#Cc1cc(Cl)ccc1C=Cc1ccc(O)c(O)c1. The number of phenolic OH excluding ortho intramolecular Hbond substituents is 2. The van der Waals surface area contributed by atoms with Gasteiger partial charge in [-0.15, -0.1) is 0 Å². The topological polar surface area (TPSA) is 64.2 Å². The first-order valence-electron chi connectivity index (χ1n) is 5.50. The summed E-state index contributed by atoms with van der Waals surface area (Å²) in [6.07, 6.45) is 3.49. The van der Waals surface area contributed by atoms with Gasteiger partial charge in [0.25, 0.3) is 0 Å². The largest absolute Gasteiger partial charge is 0.504 e. The summed E-state index contributed by atoms with van der Waals surface area (Å²) < 4.78 is 0. The lowest BCUT2D eigenvalue weighted by Gasteiger charge is -2.00. The second-order valence-electron chi connectivity index (χ2n) is 3.92. The molecule has 0 heterocycles. The number of nitriles is 1. The molecule has 0 bridgehead atoms. The summed E-state index contributed by atoms with van der Waals surface area (Å²) >= 11 is 5.81. The zero-order valence-electron chi connectivity index (χ0n) is 9.84. The van der Waals surface area contributed by atoms with Gasteiger partial charge in [0, 0.05) is 5.02 Å². The highest BCUT2D eigenvalue weighted by Gasteiger charge is 2.01. The van der Waals surface area contributed by atoms with Crippen LogP contribution in [0.4, 0.5) is 0 Å². The van der Waals surface area contributed by atoms with E-state index in [1.807, 2.05) is 0 Å². The van der Waals surface area contributed by atoms with E-state index in [1.54, 1.807) is 36.4 Å². The number of halogens is 1. The van der Waals surface area contributed by atoms with Gasteiger partial charge < -0.3 is 10.2 Å². The van der Waals surface area contributed by atoms with Gasteiger partial charge in [0.15, 0.2) is 11.5 Å². The van der Waals surface area contributed by atoms with Crippen LogP contribution in [-0.4, -0.2) is 10.2 Å². The normalized spacial score (nSPS) is 10.5. The summed E-state index contributed by atoms with van der Waals surface area (Å²) in [6.45, 7) is 0. The van der Waals surface area contributed by atoms with Crippen molar-refractivity contribution in [1.82, 2.24) is 0 Å². The van der Waals surface area contributed by atoms with Gasteiger partial charge >= 0.3 is 0 Å². The molecule has 19 heavy (non-hydrogen) atoms. The van der Waals surface area contributed by atoms with Crippen LogP contribution < -0.4 is 0 Å². The molecule has 94 valence electrons. The Morgan fingerprint density at radius 1 is 1.00 bits per heavy atom. The van der Waals surface area contributed by atoms with E-state index in [0.29, 0.717) is 16.1 Å². The lowest BCUT2D eigenvalue weighted by Crippen LogP contribution is -1.81. The van der Waals surface area contributed by atoms with Gasteiger partial charge in [-0.1, -0.05) is 35.9 Å². The molecule has 0 spiro atoms. The molecule has 0 fully saturated rings. The van der Waals surface area contributed by atoms with Crippen molar-refractivity contribution in [2.75, 3.05) is 0 Å². The van der Waals surface area contributed by atoms with Crippen molar-refractivity contribution in [2.45, 2.75) is 0 Å². The van der Waals surface area contributed by atoms with Gasteiger partial charge in [0.2, 0.25) is 0 Å². The Hall–Kier alpha value is -2.44. The van der Waals surface area contributed by atoms with Crippen LogP contribution in [0.15, 0.2) is 36.4 Å². The predicted molar refractivity (Wildman–Crippen MR) is 74.9 cm³/mol. The van der Waals surface area contributed by atoms with Gasteiger partial charge in [0.1, 0.15) is 0 Å². The Labute approximate surface area is 115 Å². The molecule has 0 radical (unpaired) electrons. The van der Waals surface area contributed by atoms with E-state index in [1.165, 1.54) is 12.1 Å². The van der Waals surface area contributed by atoms with Crippen LogP contribution in [-0.2, 0) is 0 Å². The fraction of sp³-hybridized carbons (Fsp3) is 0. The molecule has 0 amide bonds. The van der Waals surface area contributed by atoms with Crippen molar-refractivity contribution in [3.8, 4) is 17.6 Å². The highest BCUT2D eigenvalue weighted by atomic mass is 35.5. The Morgan fingerprint density at radius 3 is 2.47 bits per heavy atom. The number of hydrogen-bond acceptors (Lipinski definition) is 3. The fourth-order valence-corrected chi connectivity index (χ4v) is 1.77. The minimum Gasteiger partial charge on any atom is -0.504 e. The molecule has 4 heteroatoms. The van der Waals surface area contributed by atoms with Crippen molar-refractivity contribution >= 4 is 23.8 Å². The Bertz CT molecular complexity index is 687. The molecule has 0 saturated carbocycles. The van der Waals surface area contributed by atoms with E-state index in [2.05, 4.69) is 6.07 Å². The van der Waals surface area contributed by atoms with E-state index < -0.39 is 0 Å². The quantitative estimate of drug-likeness (QED) is 0.645. The van der Waals surface area contributed by atoms with Gasteiger partial charge in [0.05, 0.1) is 11.6 Å². The van der Waals surface area contributed by atoms with Crippen molar-refractivity contribution in [1.29, 1.82) is 5.26 Å². The summed E-state index contributed by atoms with van der Waals surface area (Å²) in [6, 6.07) is 11.6. The van der Waals surface area contributed by atoms with Crippen molar-refractivity contribution in [3.05, 3.63) is 58.1 Å². The third-order valence-electron chi connectivity index (χ3n) is 2.59. The van der Waals surface area contributed by atoms with Crippen molar-refractivity contribution in [2.24, 2.45) is 0 Å². The summed E-state index contributed by atoms with van der Waals surface area (Å²) in [4.78, 5) is 0. The molecular formula is C15H10ClNO2. The number of aromatic hydroxyl groups is 2. The molecule has 2 N–H and O–H groups in total. The maximum absolute atomic E-state index is 9.38. The van der Waals surface area contributed by atoms with E-state index in [9.17, 15) is 10.2 Å². The second-order valence-corrected chi connectivity index (χ2v) is 4.36. The first kappa shape index (κ1) is 13.0. The lowest BCUT2D eigenvalue weighted by atomic mass is 10.1. The van der Waals surface area contributed by atoms with Gasteiger partial charge in [-0.2, -0.15) is 5.26 Å². The summed E-state index contributed by atoms with van der Waals surface area (Å²) in [5.74, 6) is -0.347. The minimum absolute atomic E-state index is 0.165. The van der Waals surface area contributed by atoms with Gasteiger partial charge in [-0.05, 0) is 35.4 Å². The van der Waals surface area contributed by atoms with Crippen molar-refractivity contribution in [3.63, 3.8) is 0 Å². The average molecular weight is 272 g/mol. The monoisotopic (exact) mass is 271 g/mol. The highest BCUT2D eigenvalue weighted by Crippen LogP contribution is 2.26. The molecule has 0 aliphatic heterocycles. The van der Waals surface area contributed by atoms with E-state index in [-0.39, 0.29) is 11.5 Å². The fourth-order valence-electron chi connectivity index (χ4n) is 1.60. The van der Waals surface area contributed by atoms with E-state index in [4.69, 9.17) is 16.9 Å². The first-order chi connectivity index (χ1) is 9.10. The molecule has 0 aliphatic carbocycles. The first-order valence-corrected chi connectivity index (χ1v) is 5.87. The van der Waals surface area contributed by atoms with Crippen LogP contribution in [0.3, 0.4) is 0 Å². The molecule has 2 aromatic rings. The van der Waals surface area contributed by atoms with E-state index >= 15 is 0 Å². The van der Waals surface area contributed by atoms with Crippen molar-refractivity contribution < 1.29 is 10.2 Å². The van der Waals surface area contributed by atoms with Crippen LogP contribution in [0.2, 0.25) is 5.02 Å². The Balaban J connectivity index is 2.33. The number of phenols is 2. The standard InChI is InChI=1S/C15H10ClNO2/c16-13-5-4-11(12(8-13)9-17)3-1-10-2-6-14(18)15(19)7-10/h1-8,18-19H. The van der Waals surface area contributed by atoms with E-state index in [0.717, 1.165) is 5.56 Å². The minimum atomic E-state index is -0.182. The maximum Gasteiger partial charge on any atom is 0.157 e. The molecule has 2 rings (SSSR count). The zero-order valence-corrected chi connectivity index (χ0v) is 10.6. The third kappa shape index (κ3) is 3.06. The van der Waals surface area contributed by atoms with Crippen LogP contribution >= 0.6 is 11.6 Å². The molecular weight excluding hydrogens is 262 g/mol. The van der Waals surface area contributed by atoms with Crippen LogP contribution in [0.5, 0.6) is 11.5 Å². The molecule has 0 atom stereocenters. The summed E-state index contributed by atoms with van der Waals surface area (Å²) in [5, 5.41) is 28.1. The zero-order chi connectivity index (χ0) is 13.8. The number of nitrogens with zero attached hydrogens (tertiary/aromatic N) is 1. The lowest BCUT2D eigenvalue weighted by molar-refractivity contribution is 0.403. The Morgan fingerprint density at radius 2 is 1.79 bits per heavy atom. The molecule has 0 unspecified atom stereocenters. The number of rotatable bonds is 2. The summed E-state index contributed by atoms with van der Waals surface area (Å²) in [7, 11) is 0. The third-order valence-corrected chi connectivity index (χ3v) is 2.83. The summed E-state index contributed by atoms with van der Waals surface area (Å²) in [5.41, 5.74) is 1.93.